The van der Waals surface area contributed by atoms with Gasteiger partial charge in [-0.25, -0.2) is 0 Å². The predicted molar refractivity (Wildman–Crippen MR) is 74.8 cm³/mol. The monoisotopic (exact) mass is 363 g/mol. The zero-order valence-electron chi connectivity index (χ0n) is 12.6. The Morgan fingerprint density at radius 2 is 1.78 bits per heavy atom. The van der Waals surface area contributed by atoms with Crippen molar-refractivity contribution >= 4 is 0 Å². The van der Waals surface area contributed by atoms with Gasteiger partial charge in [-0.1, -0.05) is 25.5 Å². The molecular weight excluding hydrogens is 333 g/mol. The lowest BCUT2D eigenvalue weighted by Gasteiger charge is -2.44. The summed E-state index contributed by atoms with van der Waals surface area (Å²) in [7, 11) is 2.49. The van der Waals surface area contributed by atoms with E-state index in [9.17, 15) is 0 Å². The molecule has 2 aliphatic rings. The van der Waals surface area contributed by atoms with Gasteiger partial charge in [0.15, 0.2) is 0 Å². The van der Waals surface area contributed by atoms with Crippen molar-refractivity contribution in [2.45, 2.75) is 46.5 Å². The first-order chi connectivity index (χ1) is 8.00. The number of halogens is 1. The normalized spacial score (nSPS) is 35.6. The molecule has 0 aromatic heterocycles. The van der Waals surface area contributed by atoms with Gasteiger partial charge in [-0.15, -0.1) is 0 Å². The van der Waals surface area contributed by atoms with Crippen LogP contribution in [0.1, 0.15) is 46.5 Å². The second kappa shape index (κ2) is 6.74. The van der Waals surface area contributed by atoms with E-state index < -0.39 is 0 Å². The highest BCUT2D eigenvalue weighted by Crippen LogP contribution is 2.35. The molecule has 1 saturated heterocycles. The minimum Gasteiger partial charge on any atom is -1.00 e. The maximum absolute atomic E-state index is 2.53. The van der Waals surface area contributed by atoms with Crippen molar-refractivity contribution in [2.75, 3.05) is 26.7 Å². The third-order valence-corrected chi connectivity index (χ3v) is 5.15. The summed E-state index contributed by atoms with van der Waals surface area (Å²) in [6.07, 6.45) is 8.21. The number of hydrogen-bond donors (Lipinski definition) is 0. The second-order valence-corrected chi connectivity index (χ2v) is 7.03. The highest BCUT2D eigenvalue weighted by atomic mass is 127. The van der Waals surface area contributed by atoms with Crippen molar-refractivity contribution in [1.29, 1.82) is 0 Å². The summed E-state index contributed by atoms with van der Waals surface area (Å²) in [5.74, 6) is 2.57. The first-order valence-corrected chi connectivity index (χ1v) is 7.51. The van der Waals surface area contributed by atoms with E-state index >= 15 is 0 Å². The highest BCUT2D eigenvalue weighted by Gasteiger charge is 2.35. The molecule has 0 aromatic carbocycles. The van der Waals surface area contributed by atoms with E-state index in [1.807, 2.05) is 0 Å². The van der Waals surface area contributed by atoms with Gasteiger partial charge in [0.1, 0.15) is 0 Å². The summed E-state index contributed by atoms with van der Waals surface area (Å²) in [4.78, 5) is 0. The Morgan fingerprint density at radius 1 is 1.17 bits per heavy atom. The first kappa shape index (κ1) is 16.5. The zero-order valence-corrected chi connectivity index (χ0v) is 14.7. The van der Waals surface area contributed by atoms with Crippen LogP contribution < -0.4 is 24.0 Å². The average molecular weight is 363 g/mol. The van der Waals surface area contributed by atoms with Gasteiger partial charge in [0.2, 0.25) is 0 Å². The fourth-order valence-corrected chi connectivity index (χ4v) is 4.13. The fourth-order valence-electron chi connectivity index (χ4n) is 4.13. The van der Waals surface area contributed by atoms with Gasteiger partial charge in [-0.3, -0.25) is 0 Å². The molecule has 0 aromatic rings. The molecule has 3 atom stereocenters. The summed E-state index contributed by atoms with van der Waals surface area (Å²) in [5.41, 5.74) is 1.61. The zero-order chi connectivity index (χ0) is 12.5. The topological polar surface area (TPSA) is 0 Å². The molecule has 18 heavy (non-hydrogen) atoms. The molecule has 0 spiro atoms. The summed E-state index contributed by atoms with van der Waals surface area (Å²) >= 11 is 0. The maximum atomic E-state index is 2.53. The smallest absolute Gasteiger partial charge is 0.0821 e. The van der Waals surface area contributed by atoms with Crippen molar-refractivity contribution < 1.29 is 28.5 Å². The van der Waals surface area contributed by atoms with Gasteiger partial charge < -0.3 is 28.5 Å². The third-order valence-electron chi connectivity index (χ3n) is 5.15. The average Bonchev–Trinajstić information content (AvgIpc) is 2.24. The van der Waals surface area contributed by atoms with Crippen LogP contribution in [0, 0.1) is 17.8 Å². The largest absolute Gasteiger partial charge is 1.00 e. The van der Waals surface area contributed by atoms with E-state index in [2.05, 4.69) is 33.9 Å². The molecular formula is C16H30IN. The van der Waals surface area contributed by atoms with Crippen LogP contribution in [0.4, 0.5) is 0 Å². The molecule has 0 radical (unpaired) electrons. The highest BCUT2D eigenvalue weighted by molar-refractivity contribution is 5.08. The standard InChI is InChI=1S/C16H30N.HI/c1-13-10-14(2)16(15(3)11-13)12-17(4)8-6-5-7-9-17;/h10,14-16H,5-9,11-12H2,1-4H3;1H/q+1;/p-1. The van der Waals surface area contributed by atoms with Crippen LogP contribution in [0.15, 0.2) is 11.6 Å². The van der Waals surface area contributed by atoms with Crippen molar-refractivity contribution in [3.63, 3.8) is 0 Å². The number of allylic oxidation sites excluding steroid dienone is 2. The number of piperidine rings is 1. The van der Waals surface area contributed by atoms with Gasteiger partial charge in [-0.2, -0.15) is 0 Å². The maximum Gasteiger partial charge on any atom is 0.0821 e. The SMILES string of the molecule is CC1=CC(C)C(C[N+]2(C)CCCCC2)C(C)C1.[I-]. The molecule has 0 N–H and O–H groups in total. The number of likely N-dealkylation sites (tertiary alicyclic amines) is 1. The lowest BCUT2D eigenvalue weighted by molar-refractivity contribution is -0.918. The summed E-state index contributed by atoms with van der Waals surface area (Å²) in [6, 6.07) is 0. The lowest BCUT2D eigenvalue weighted by atomic mass is 9.74. The molecule has 0 saturated carbocycles. The molecule has 1 aliphatic heterocycles. The van der Waals surface area contributed by atoms with Crippen LogP contribution >= 0.6 is 0 Å². The Balaban J connectivity index is 0.00000162. The summed E-state index contributed by atoms with van der Waals surface area (Å²) in [5, 5.41) is 0. The molecule has 1 aliphatic carbocycles. The predicted octanol–water partition coefficient (Wildman–Crippen LogP) is 0.859. The Kier molecular flexibility index (Phi) is 6.17. The van der Waals surface area contributed by atoms with Crippen LogP contribution in [-0.2, 0) is 0 Å². The van der Waals surface area contributed by atoms with Crippen LogP contribution in [-0.4, -0.2) is 31.2 Å². The minimum absolute atomic E-state index is 0. The number of nitrogens with zero attached hydrogens (tertiary/aromatic N) is 1. The quantitative estimate of drug-likeness (QED) is 0.388. The molecule has 2 rings (SSSR count). The summed E-state index contributed by atoms with van der Waals surface area (Å²) < 4.78 is 1.34. The Hall–Kier alpha value is 0.430. The number of rotatable bonds is 2. The fraction of sp³-hybridized carbons (Fsp3) is 0.875. The molecule has 0 amide bonds. The van der Waals surface area contributed by atoms with Crippen molar-refractivity contribution in [3.05, 3.63) is 11.6 Å². The van der Waals surface area contributed by atoms with E-state index in [4.69, 9.17) is 0 Å². The van der Waals surface area contributed by atoms with Crippen LogP contribution in [0.25, 0.3) is 0 Å². The van der Waals surface area contributed by atoms with Gasteiger partial charge in [0, 0.05) is 5.92 Å². The van der Waals surface area contributed by atoms with Crippen LogP contribution in [0.5, 0.6) is 0 Å². The second-order valence-electron chi connectivity index (χ2n) is 7.03. The van der Waals surface area contributed by atoms with Gasteiger partial charge in [-0.05, 0) is 44.4 Å². The molecule has 1 nitrogen and oxygen atoms in total. The molecule has 2 heteroatoms. The third kappa shape index (κ3) is 3.96. The van der Waals surface area contributed by atoms with E-state index in [1.54, 1.807) is 5.57 Å². The Labute approximate surface area is 131 Å². The van der Waals surface area contributed by atoms with Crippen molar-refractivity contribution in [2.24, 2.45) is 17.8 Å². The number of hydrogen-bond acceptors (Lipinski definition) is 0. The summed E-state index contributed by atoms with van der Waals surface area (Å²) in [6.45, 7) is 11.4. The van der Waals surface area contributed by atoms with Gasteiger partial charge in [0.25, 0.3) is 0 Å². The molecule has 1 heterocycles. The molecule has 106 valence electrons. The van der Waals surface area contributed by atoms with E-state index in [0.29, 0.717) is 0 Å². The lowest BCUT2D eigenvalue weighted by Crippen LogP contribution is -3.00. The van der Waals surface area contributed by atoms with E-state index in [0.717, 1.165) is 17.8 Å². The Morgan fingerprint density at radius 3 is 2.33 bits per heavy atom. The number of quaternary nitrogens is 1. The van der Waals surface area contributed by atoms with Crippen molar-refractivity contribution in [3.8, 4) is 0 Å². The first-order valence-electron chi connectivity index (χ1n) is 7.51. The van der Waals surface area contributed by atoms with E-state index in [-0.39, 0.29) is 24.0 Å². The molecule has 3 unspecified atom stereocenters. The Bertz CT molecular complexity index is 291. The van der Waals surface area contributed by atoms with Gasteiger partial charge in [0.05, 0.1) is 26.7 Å². The molecule has 1 fully saturated rings. The van der Waals surface area contributed by atoms with Crippen LogP contribution in [0.3, 0.4) is 0 Å². The minimum atomic E-state index is 0. The van der Waals surface area contributed by atoms with E-state index in [1.165, 1.54) is 49.8 Å². The van der Waals surface area contributed by atoms with Gasteiger partial charge >= 0.3 is 0 Å². The van der Waals surface area contributed by atoms with Crippen LogP contribution in [0.2, 0.25) is 0 Å². The molecule has 0 bridgehead atoms. The van der Waals surface area contributed by atoms with Crippen molar-refractivity contribution in [1.82, 2.24) is 0 Å².